The minimum atomic E-state index is -5.10. The van der Waals surface area contributed by atoms with Gasteiger partial charge < -0.3 is 35.2 Å². The molecule has 1 fully saturated rings. The number of allylic oxidation sites excluding steroid dienone is 5. The summed E-state index contributed by atoms with van der Waals surface area (Å²) < 4.78 is 48.1. The molecular weight excluding hydrogens is 1150 g/mol. The molecule has 1 aliphatic heterocycles. The summed E-state index contributed by atoms with van der Waals surface area (Å²) in [7, 11) is -5.10. The van der Waals surface area contributed by atoms with Gasteiger partial charge >= 0.3 is 10.4 Å². The Bertz CT molecular complexity index is 1710. The lowest BCUT2D eigenvalue weighted by molar-refractivity contribution is -0.298. The van der Waals surface area contributed by atoms with Crippen LogP contribution in [0.15, 0.2) is 36.5 Å². The Hall–Kier alpha value is -1.68. The number of hydrogen-bond acceptors (Lipinski definition) is 10. The van der Waals surface area contributed by atoms with E-state index in [1.54, 1.807) is 6.08 Å². The maximum absolute atomic E-state index is 13.2. The maximum atomic E-state index is 13.2. The van der Waals surface area contributed by atoms with Crippen molar-refractivity contribution in [3.05, 3.63) is 36.5 Å². The molecule has 0 saturated carbocycles. The fourth-order valence-corrected chi connectivity index (χ4v) is 13.2. The van der Waals surface area contributed by atoms with Crippen LogP contribution in [0, 0.1) is 0 Å². The number of hydrogen-bond donors (Lipinski definition) is 6. The first-order valence-electron chi connectivity index (χ1n) is 38.9. The van der Waals surface area contributed by atoms with Crippen molar-refractivity contribution >= 4 is 16.3 Å². The van der Waals surface area contributed by atoms with Crippen LogP contribution >= 0.6 is 0 Å². The normalized spacial score (nSPS) is 18.1. The molecular formula is C77H147NO11S. The largest absolute Gasteiger partial charge is 0.397 e. The summed E-state index contributed by atoms with van der Waals surface area (Å²) in [6.45, 7) is 3.47. The predicted octanol–water partition coefficient (Wildman–Crippen LogP) is 21.2. The van der Waals surface area contributed by atoms with Crippen LogP contribution in [0.1, 0.15) is 393 Å². The third kappa shape index (κ3) is 56.6. The number of carbonyl (C=O) groups excluding carboxylic acids is 1. The van der Waals surface area contributed by atoms with E-state index in [9.17, 15) is 38.2 Å². The minimum absolute atomic E-state index is 0.255. The van der Waals surface area contributed by atoms with Gasteiger partial charge in [-0.1, -0.05) is 371 Å². The number of aliphatic hydroxyl groups is 4. The van der Waals surface area contributed by atoms with E-state index in [-0.39, 0.29) is 18.9 Å². The molecule has 7 unspecified atom stereocenters. The zero-order valence-electron chi connectivity index (χ0n) is 58.7. The Morgan fingerprint density at radius 3 is 1.06 bits per heavy atom. The van der Waals surface area contributed by atoms with E-state index < -0.39 is 59.9 Å². The second-order valence-corrected chi connectivity index (χ2v) is 28.3. The van der Waals surface area contributed by atoms with E-state index in [0.29, 0.717) is 6.42 Å². The highest BCUT2D eigenvalue weighted by molar-refractivity contribution is 7.80. The third-order valence-corrected chi connectivity index (χ3v) is 19.1. The molecule has 532 valence electrons. The van der Waals surface area contributed by atoms with Crippen molar-refractivity contribution in [3.8, 4) is 0 Å². The highest BCUT2D eigenvalue weighted by atomic mass is 32.3. The Morgan fingerprint density at radius 1 is 0.444 bits per heavy atom. The molecule has 7 atom stereocenters. The lowest BCUT2D eigenvalue weighted by Gasteiger charge is -2.41. The monoisotopic (exact) mass is 1290 g/mol. The fourth-order valence-electron chi connectivity index (χ4n) is 12.7. The molecule has 0 radical (unpaired) electrons. The molecule has 1 heterocycles. The van der Waals surface area contributed by atoms with Gasteiger partial charge in [-0.15, -0.1) is 0 Å². The lowest BCUT2D eigenvalue weighted by atomic mass is 9.99. The van der Waals surface area contributed by atoms with Crippen LogP contribution in [0.2, 0.25) is 0 Å². The highest BCUT2D eigenvalue weighted by Gasteiger charge is 2.48. The zero-order valence-corrected chi connectivity index (χ0v) is 59.5. The number of amides is 1. The molecule has 0 aromatic rings. The number of ether oxygens (including phenoxy) is 2. The summed E-state index contributed by atoms with van der Waals surface area (Å²) in [4.78, 5) is 13.2. The van der Waals surface area contributed by atoms with Gasteiger partial charge in [-0.3, -0.25) is 9.35 Å². The molecule has 13 heteroatoms. The van der Waals surface area contributed by atoms with Crippen LogP contribution in [0.25, 0.3) is 0 Å². The summed E-state index contributed by atoms with van der Waals surface area (Å²) in [6, 6.07) is -0.946. The van der Waals surface area contributed by atoms with E-state index >= 15 is 0 Å². The average Bonchev–Trinajstić information content (AvgIpc) is 1.40. The van der Waals surface area contributed by atoms with E-state index in [1.807, 2.05) is 6.08 Å². The average molecular weight is 1300 g/mol. The molecule has 1 rings (SSSR count). The standard InChI is InChI=1S/C77H147NO11S/c1-3-5-7-9-11-13-15-17-19-21-23-25-27-29-30-31-32-33-34-35-36-37-38-39-40-41-42-43-45-47-49-51-53-55-57-59-61-63-65-67-73(81)78-70(69-87-77-75(83)76(89-90(84,85)86)74(82)72(68-79)88-77)71(80)66-64-62-60-58-56-54-52-50-48-46-44-28-26-24-22-20-18-16-14-12-10-8-6-4-2/h32-33,35-36,64,66,70-72,74-77,79-80,82-83H,3-31,34,37-63,65,67-69H2,1-2H3,(H,78,81)(H,84,85,86)/b33-32-,36-35-,66-64+. The number of carbonyl (C=O) groups is 1. The van der Waals surface area contributed by atoms with Crippen molar-refractivity contribution in [2.24, 2.45) is 0 Å². The Morgan fingerprint density at radius 2 is 0.744 bits per heavy atom. The first-order valence-corrected chi connectivity index (χ1v) is 40.2. The molecule has 0 spiro atoms. The van der Waals surface area contributed by atoms with Crippen molar-refractivity contribution in [1.29, 1.82) is 0 Å². The lowest BCUT2D eigenvalue weighted by Crippen LogP contribution is -2.61. The SMILES string of the molecule is CCCCCCCCCCCCCCCCC/C=C\C/C=C\CCCCCCCCCCCCCCCCCCCC(=O)NC(COC1OC(CO)C(O)C(OS(=O)(=O)O)C1O)C(O)/C=C/CCCCCCCCCCCCCCCCCCCCCCCC. The van der Waals surface area contributed by atoms with Gasteiger partial charge in [-0.25, -0.2) is 4.18 Å². The Kier molecular flexibility index (Phi) is 63.3. The van der Waals surface area contributed by atoms with Crippen molar-refractivity contribution in [1.82, 2.24) is 5.32 Å². The van der Waals surface area contributed by atoms with Crippen molar-refractivity contribution in [2.75, 3.05) is 13.2 Å². The van der Waals surface area contributed by atoms with Crippen molar-refractivity contribution < 1.29 is 51.8 Å². The van der Waals surface area contributed by atoms with E-state index in [2.05, 4.69) is 47.7 Å². The Balaban J connectivity index is 2.17. The van der Waals surface area contributed by atoms with E-state index in [1.165, 1.54) is 321 Å². The van der Waals surface area contributed by atoms with Gasteiger partial charge in [0.15, 0.2) is 6.29 Å². The molecule has 0 aromatic carbocycles. The zero-order chi connectivity index (χ0) is 65.3. The maximum Gasteiger partial charge on any atom is 0.397 e. The number of rotatable bonds is 70. The topological polar surface area (TPSA) is 192 Å². The fraction of sp³-hybridized carbons (Fsp3) is 0.909. The van der Waals surface area contributed by atoms with Crippen LogP contribution in [-0.4, -0.2) is 95.4 Å². The first kappa shape index (κ1) is 86.3. The summed E-state index contributed by atoms with van der Waals surface area (Å²) in [6.07, 6.45) is 79.6. The molecule has 1 saturated heterocycles. The van der Waals surface area contributed by atoms with Crippen molar-refractivity contribution in [2.45, 2.75) is 436 Å². The number of aliphatic hydroxyl groups excluding tert-OH is 4. The molecule has 0 bridgehead atoms. The first-order chi connectivity index (χ1) is 44.0. The summed E-state index contributed by atoms with van der Waals surface area (Å²) in [5, 5.41) is 45.3. The van der Waals surface area contributed by atoms with Crippen LogP contribution in [0.5, 0.6) is 0 Å². The number of nitrogens with one attached hydrogen (secondary N) is 1. The summed E-state index contributed by atoms with van der Waals surface area (Å²) in [5.74, 6) is -0.255. The smallest absolute Gasteiger partial charge is 0.394 e. The second kappa shape index (κ2) is 66.0. The van der Waals surface area contributed by atoms with Crippen LogP contribution in [-0.2, 0) is 28.9 Å². The molecule has 0 aromatic heterocycles. The Labute approximate surface area is 555 Å². The van der Waals surface area contributed by atoms with Gasteiger partial charge in [0.1, 0.15) is 24.4 Å². The molecule has 12 nitrogen and oxygen atoms in total. The second-order valence-electron chi connectivity index (χ2n) is 27.3. The van der Waals surface area contributed by atoms with Gasteiger partial charge in [0, 0.05) is 6.42 Å². The number of unbranched alkanes of at least 4 members (excludes halogenated alkanes) is 54. The van der Waals surface area contributed by atoms with Gasteiger partial charge in [-0.2, -0.15) is 8.42 Å². The molecule has 90 heavy (non-hydrogen) atoms. The van der Waals surface area contributed by atoms with Gasteiger partial charge in [-0.05, 0) is 51.4 Å². The molecule has 6 N–H and O–H groups in total. The van der Waals surface area contributed by atoms with E-state index in [0.717, 1.165) is 44.9 Å². The quantitative estimate of drug-likeness (QED) is 0.0193. The summed E-state index contributed by atoms with van der Waals surface area (Å²) in [5.41, 5.74) is 0. The van der Waals surface area contributed by atoms with Crippen LogP contribution in [0.4, 0.5) is 0 Å². The van der Waals surface area contributed by atoms with Gasteiger partial charge in [0.2, 0.25) is 5.91 Å². The van der Waals surface area contributed by atoms with Crippen LogP contribution in [0.3, 0.4) is 0 Å². The minimum Gasteiger partial charge on any atom is -0.394 e. The third-order valence-electron chi connectivity index (χ3n) is 18.7. The highest BCUT2D eigenvalue weighted by Crippen LogP contribution is 2.27. The van der Waals surface area contributed by atoms with Gasteiger partial charge in [0.25, 0.3) is 0 Å². The predicted molar refractivity (Wildman–Crippen MR) is 379 cm³/mol. The molecule has 0 aliphatic carbocycles. The van der Waals surface area contributed by atoms with Gasteiger partial charge in [0.05, 0.1) is 25.4 Å². The molecule has 1 aliphatic rings. The summed E-state index contributed by atoms with van der Waals surface area (Å²) >= 11 is 0. The van der Waals surface area contributed by atoms with E-state index in [4.69, 9.17) is 9.47 Å². The van der Waals surface area contributed by atoms with Crippen molar-refractivity contribution in [3.63, 3.8) is 0 Å². The van der Waals surface area contributed by atoms with Crippen LogP contribution < -0.4 is 5.32 Å². The molecule has 1 amide bonds.